The molecule has 0 spiro atoms. The van der Waals surface area contributed by atoms with Gasteiger partial charge in [0.15, 0.2) is 0 Å². The summed E-state index contributed by atoms with van der Waals surface area (Å²) >= 11 is 2.82. The van der Waals surface area contributed by atoms with Gasteiger partial charge in [-0.3, -0.25) is 0 Å². The number of hydrogen-bond donors (Lipinski definition) is 0. The zero-order valence-electron chi connectivity index (χ0n) is 31.7. The van der Waals surface area contributed by atoms with Gasteiger partial charge < -0.3 is 0 Å². The van der Waals surface area contributed by atoms with Crippen LogP contribution in [0.2, 0.25) is 0 Å². The van der Waals surface area contributed by atoms with Gasteiger partial charge in [0.1, 0.15) is 5.82 Å². The van der Waals surface area contributed by atoms with Gasteiger partial charge in [-0.25, -0.2) is 31.2 Å². The van der Waals surface area contributed by atoms with E-state index in [9.17, 15) is 34.4 Å². The zero-order valence-corrected chi connectivity index (χ0v) is 35.0. The number of nitrogens with zero attached hydrogens (tertiary/aromatic N) is 4. The van der Waals surface area contributed by atoms with Crippen molar-refractivity contribution in [2.75, 3.05) is 26.2 Å². The highest BCUT2D eigenvalue weighted by atomic mass is 32.2. The molecule has 2 aromatic heterocycles. The van der Waals surface area contributed by atoms with Crippen molar-refractivity contribution < 1.29 is 34.4 Å². The first-order chi connectivity index (χ1) is 27.1. The molecule has 16 heteroatoms. The third-order valence-corrected chi connectivity index (χ3v) is 14.8. The average molecular weight is 859 g/mol. The Bertz CT molecular complexity index is 2460. The predicted molar refractivity (Wildman–Crippen MR) is 219 cm³/mol. The Balaban J connectivity index is 0.000000219. The van der Waals surface area contributed by atoms with Gasteiger partial charge in [0.25, 0.3) is 0 Å². The number of halogens is 4. The average Bonchev–Trinajstić information content (AvgIpc) is 3.87. The fourth-order valence-electron chi connectivity index (χ4n) is 5.91. The van der Waals surface area contributed by atoms with Crippen LogP contribution in [0.3, 0.4) is 0 Å². The first kappa shape index (κ1) is 43.8. The van der Waals surface area contributed by atoms with Crippen molar-refractivity contribution in [2.24, 2.45) is 0 Å². The van der Waals surface area contributed by atoms with E-state index in [0.29, 0.717) is 60.8 Å². The topological polar surface area (TPSA) is 101 Å². The van der Waals surface area contributed by atoms with Crippen LogP contribution in [0, 0.1) is 5.82 Å². The lowest BCUT2D eigenvalue weighted by molar-refractivity contribution is -0.137. The van der Waals surface area contributed by atoms with Crippen molar-refractivity contribution in [3.63, 3.8) is 0 Å². The molecule has 0 saturated carbocycles. The summed E-state index contributed by atoms with van der Waals surface area (Å²) in [6.45, 7) is 8.88. The lowest BCUT2D eigenvalue weighted by atomic mass is 10.1. The minimum absolute atomic E-state index is 0.217. The Kier molecular flexibility index (Phi) is 14.6. The quantitative estimate of drug-likeness (QED) is 0.101. The Morgan fingerprint density at radius 1 is 0.596 bits per heavy atom. The molecule has 0 amide bonds. The first-order valence-electron chi connectivity index (χ1n) is 18.1. The fraction of sp³-hybridized carbons (Fsp3) is 0.268. The number of hydrogen-bond acceptors (Lipinski definition) is 8. The molecule has 0 atom stereocenters. The summed E-state index contributed by atoms with van der Waals surface area (Å²) < 4.78 is 106. The molecular weight excluding hydrogens is 817 g/mol. The van der Waals surface area contributed by atoms with Gasteiger partial charge in [-0.15, -0.1) is 22.7 Å². The minimum Gasteiger partial charge on any atom is -0.241 e. The first-order valence-corrected chi connectivity index (χ1v) is 22.7. The van der Waals surface area contributed by atoms with Gasteiger partial charge in [0.2, 0.25) is 20.0 Å². The number of aromatic nitrogens is 2. The molecule has 4 aromatic carbocycles. The molecule has 0 fully saturated rings. The highest BCUT2D eigenvalue weighted by molar-refractivity contribution is 7.89. The molecule has 6 aromatic rings. The van der Waals surface area contributed by atoms with Gasteiger partial charge in [-0.2, -0.15) is 21.8 Å². The predicted octanol–water partition coefficient (Wildman–Crippen LogP) is 10.0. The molecule has 0 radical (unpaired) electrons. The van der Waals surface area contributed by atoms with E-state index in [0.717, 1.165) is 34.0 Å². The van der Waals surface area contributed by atoms with E-state index in [-0.39, 0.29) is 15.6 Å². The number of benzene rings is 4. The van der Waals surface area contributed by atoms with Crippen molar-refractivity contribution in [1.29, 1.82) is 0 Å². The van der Waals surface area contributed by atoms with E-state index < -0.39 is 31.8 Å². The van der Waals surface area contributed by atoms with Crippen molar-refractivity contribution >= 4 is 42.7 Å². The number of sulfonamides is 2. The van der Waals surface area contributed by atoms with Crippen LogP contribution in [0.15, 0.2) is 118 Å². The molecule has 8 nitrogen and oxygen atoms in total. The molecule has 2 heterocycles. The van der Waals surface area contributed by atoms with Gasteiger partial charge in [0.05, 0.1) is 36.8 Å². The molecule has 302 valence electrons. The maximum Gasteiger partial charge on any atom is 0.416 e. The van der Waals surface area contributed by atoms with Crippen LogP contribution in [0.4, 0.5) is 17.6 Å². The molecule has 0 N–H and O–H groups in total. The molecule has 57 heavy (non-hydrogen) atoms. The standard InChI is InChI=1S/C21H21F3N2O2S2.C20H21FN2O2S2/c1-3-26(4-2)30(27,28)18-10-8-16(9-11-18)19-14-29-20(25-19)13-15-6-5-7-17(12-15)21(22,23)24;1-3-23(4-2)27(24,25)17-11-9-15(10-12-17)19-14-26-20(22-19)13-16-7-5-6-8-18(16)21/h5-12,14H,3-4,13H2,1-2H3;5-12,14H,3-4,13H2,1-2H3. The third kappa shape index (κ3) is 10.8. The summed E-state index contributed by atoms with van der Waals surface area (Å²) in [5.41, 5.74) is 3.48. The smallest absolute Gasteiger partial charge is 0.241 e. The van der Waals surface area contributed by atoms with E-state index in [1.807, 2.05) is 30.7 Å². The summed E-state index contributed by atoms with van der Waals surface area (Å²) in [7, 11) is -6.99. The summed E-state index contributed by atoms with van der Waals surface area (Å²) in [6, 6.07) is 25.1. The van der Waals surface area contributed by atoms with Crippen LogP contribution >= 0.6 is 22.7 Å². The Morgan fingerprint density at radius 2 is 1.05 bits per heavy atom. The summed E-state index contributed by atoms with van der Waals surface area (Å²) in [4.78, 5) is 9.56. The lowest BCUT2D eigenvalue weighted by Gasteiger charge is -2.18. The molecule has 0 unspecified atom stereocenters. The Labute approximate surface area is 339 Å². The molecule has 0 aliphatic carbocycles. The largest absolute Gasteiger partial charge is 0.416 e. The van der Waals surface area contributed by atoms with Gasteiger partial charge in [-0.05, 0) is 47.5 Å². The van der Waals surface area contributed by atoms with Crippen molar-refractivity contribution in [3.05, 3.63) is 140 Å². The van der Waals surface area contributed by atoms with Crippen molar-refractivity contribution in [2.45, 2.75) is 56.5 Å². The van der Waals surface area contributed by atoms with Gasteiger partial charge in [0, 0.05) is 60.9 Å². The highest BCUT2D eigenvalue weighted by Crippen LogP contribution is 2.31. The van der Waals surface area contributed by atoms with E-state index >= 15 is 0 Å². The summed E-state index contributed by atoms with van der Waals surface area (Å²) in [5, 5.41) is 5.22. The van der Waals surface area contributed by atoms with Gasteiger partial charge >= 0.3 is 6.18 Å². The number of alkyl halides is 3. The SMILES string of the molecule is CCN(CC)S(=O)(=O)c1ccc(-c2csc(Cc3cccc(C(F)(F)F)c3)n2)cc1.CCN(CC)S(=O)(=O)c1ccc(-c2csc(Cc3ccccc3F)n2)cc1. The molecular formula is C41H42F4N4O4S4. The van der Waals surface area contributed by atoms with E-state index in [2.05, 4.69) is 9.97 Å². The van der Waals surface area contributed by atoms with Crippen molar-refractivity contribution in [3.8, 4) is 22.5 Å². The van der Waals surface area contributed by atoms with Crippen LogP contribution < -0.4 is 0 Å². The second-order valence-electron chi connectivity index (χ2n) is 12.6. The fourth-order valence-corrected chi connectivity index (χ4v) is 10.5. The normalized spacial score (nSPS) is 12.2. The number of thiazole rings is 2. The molecule has 0 saturated heterocycles. The van der Waals surface area contributed by atoms with E-state index in [1.165, 1.54) is 43.4 Å². The zero-order chi connectivity index (χ0) is 41.4. The molecule has 0 aliphatic heterocycles. The molecule has 0 bridgehead atoms. The lowest BCUT2D eigenvalue weighted by Crippen LogP contribution is -2.30. The van der Waals surface area contributed by atoms with Crippen LogP contribution in [-0.2, 0) is 39.1 Å². The minimum atomic E-state index is -4.38. The summed E-state index contributed by atoms with van der Waals surface area (Å²) in [6.07, 6.45) is -3.65. The van der Waals surface area contributed by atoms with E-state index in [4.69, 9.17) is 0 Å². The second kappa shape index (κ2) is 19.0. The van der Waals surface area contributed by atoms with E-state index in [1.54, 1.807) is 80.6 Å². The van der Waals surface area contributed by atoms with Crippen LogP contribution in [-0.4, -0.2) is 61.6 Å². The Morgan fingerprint density at radius 3 is 1.49 bits per heavy atom. The van der Waals surface area contributed by atoms with Gasteiger partial charge in [-0.1, -0.05) is 88.4 Å². The van der Waals surface area contributed by atoms with Crippen LogP contribution in [0.1, 0.15) is 54.4 Å². The monoisotopic (exact) mass is 858 g/mol. The maximum atomic E-state index is 13.8. The molecule has 6 rings (SSSR count). The Hall–Kier alpha value is -4.32. The number of rotatable bonds is 14. The van der Waals surface area contributed by atoms with Crippen molar-refractivity contribution in [1.82, 2.24) is 18.6 Å². The maximum absolute atomic E-state index is 13.8. The molecule has 0 aliphatic rings. The van der Waals surface area contributed by atoms with Crippen LogP contribution in [0.5, 0.6) is 0 Å². The third-order valence-electron chi connectivity index (χ3n) is 9.00. The highest BCUT2D eigenvalue weighted by Gasteiger charge is 2.30. The summed E-state index contributed by atoms with van der Waals surface area (Å²) in [5.74, 6) is -0.236. The second-order valence-corrected chi connectivity index (χ2v) is 18.4. The van der Waals surface area contributed by atoms with Crippen LogP contribution in [0.25, 0.3) is 22.5 Å².